The van der Waals surface area contributed by atoms with Gasteiger partial charge < -0.3 is 14.1 Å². The molecule has 1 saturated heterocycles. The van der Waals surface area contributed by atoms with E-state index in [1.165, 1.54) is 12.1 Å². The van der Waals surface area contributed by atoms with Gasteiger partial charge in [-0.15, -0.1) is 0 Å². The van der Waals surface area contributed by atoms with E-state index in [0.29, 0.717) is 19.0 Å². The standard InChI is InChI=1S/C19H23FN2O3/c1-19(2,3)25-18(23)22-10-8-13(9-11-22)16-12-21-17(24-16)14-4-6-15(20)7-5-14/h4-7,12-13H,8-11H2,1-3H3. The van der Waals surface area contributed by atoms with Crippen LogP contribution in [0.1, 0.15) is 45.3 Å². The van der Waals surface area contributed by atoms with Gasteiger partial charge in [0.25, 0.3) is 0 Å². The highest BCUT2D eigenvalue weighted by Gasteiger charge is 2.29. The van der Waals surface area contributed by atoms with Gasteiger partial charge in [-0.3, -0.25) is 0 Å². The summed E-state index contributed by atoms with van der Waals surface area (Å²) in [6.45, 7) is 6.85. The average Bonchev–Trinajstić information content (AvgIpc) is 3.04. The maximum atomic E-state index is 13.0. The first kappa shape index (κ1) is 17.5. The van der Waals surface area contributed by atoms with E-state index in [9.17, 15) is 9.18 Å². The number of carbonyl (C=O) groups excluding carboxylic acids is 1. The summed E-state index contributed by atoms with van der Waals surface area (Å²) >= 11 is 0. The van der Waals surface area contributed by atoms with E-state index in [1.54, 1.807) is 23.2 Å². The Bertz CT molecular complexity index is 726. The third-order valence-electron chi connectivity index (χ3n) is 4.16. The smallest absolute Gasteiger partial charge is 0.410 e. The SMILES string of the molecule is CC(C)(C)OC(=O)N1CCC(c2cnc(-c3ccc(F)cc3)o2)CC1. The molecule has 1 aromatic heterocycles. The van der Waals surface area contributed by atoms with Gasteiger partial charge in [0.1, 0.15) is 17.2 Å². The van der Waals surface area contributed by atoms with Gasteiger partial charge in [-0.05, 0) is 57.9 Å². The molecule has 1 aromatic carbocycles. The second-order valence-corrected chi connectivity index (χ2v) is 7.32. The van der Waals surface area contributed by atoms with Crippen LogP contribution in [0, 0.1) is 5.82 Å². The number of benzene rings is 1. The van der Waals surface area contributed by atoms with Crippen molar-refractivity contribution < 1.29 is 18.3 Å². The minimum Gasteiger partial charge on any atom is -0.444 e. The Labute approximate surface area is 146 Å². The fourth-order valence-electron chi connectivity index (χ4n) is 2.87. The number of amides is 1. The van der Waals surface area contributed by atoms with Crippen LogP contribution in [0.15, 0.2) is 34.9 Å². The van der Waals surface area contributed by atoms with Crippen molar-refractivity contribution in [2.45, 2.75) is 45.1 Å². The number of halogens is 1. The van der Waals surface area contributed by atoms with E-state index in [2.05, 4.69) is 4.98 Å². The zero-order valence-corrected chi connectivity index (χ0v) is 14.8. The molecule has 0 atom stereocenters. The van der Waals surface area contributed by atoms with Crippen molar-refractivity contribution in [3.63, 3.8) is 0 Å². The average molecular weight is 346 g/mol. The molecule has 3 rings (SSSR count). The van der Waals surface area contributed by atoms with Crippen LogP contribution >= 0.6 is 0 Å². The molecular formula is C19H23FN2O3. The van der Waals surface area contributed by atoms with E-state index in [-0.39, 0.29) is 17.8 Å². The first-order valence-electron chi connectivity index (χ1n) is 8.51. The number of rotatable bonds is 2. The summed E-state index contributed by atoms with van der Waals surface area (Å²) < 4.78 is 24.3. The van der Waals surface area contributed by atoms with Gasteiger partial charge in [0, 0.05) is 24.6 Å². The lowest BCUT2D eigenvalue weighted by Gasteiger charge is -2.32. The Kier molecular flexibility index (Phi) is 4.79. The molecule has 0 saturated carbocycles. The van der Waals surface area contributed by atoms with E-state index >= 15 is 0 Å². The van der Waals surface area contributed by atoms with Crippen molar-refractivity contribution in [1.82, 2.24) is 9.88 Å². The van der Waals surface area contributed by atoms with E-state index in [1.807, 2.05) is 20.8 Å². The van der Waals surface area contributed by atoms with E-state index in [4.69, 9.17) is 9.15 Å². The fraction of sp³-hybridized carbons (Fsp3) is 0.474. The van der Waals surface area contributed by atoms with E-state index < -0.39 is 5.60 Å². The summed E-state index contributed by atoms with van der Waals surface area (Å²) in [6.07, 6.45) is 3.07. The molecule has 1 aliphatic rings. The van der Waals surface area contributed by atoms with Crippen molar-refractivity contribution in [3.05, 3.63) is 42.0 Å². The molecule has 6 heteroatoms. The zero-order valence-electron chi connectivity index (χ0n) is 14.8. The first-order valence-corrected chi connectivity index (χ1v) is 8.51. The zero-order chi connectivity index (χ0) is 18.0. The highest BCUT2D eigenvalue weighted by Crippen LogP contribution is 2.31. The normalized spacial score (nSPS) is 16.1. The maximum absolute atomic E-state index is 13.0. The Morgan fingerprint density at radius 3 is 2.48 bits per heavy atom. The van der Waals surface area contributed by atoms with Gasteiger partial charge in [-0.25, -0.2) is 14.2 Å². The van der Waals surface area contributed by atoms with E-state index in [0.717, 1.165) is 24.2 Å². The second-order valence-electron chi connectivity index (χ2n) is 7.32. The van der Waals surface area contributed by atoms with Crippen molar-refractivity contribution in [2.75, 3.05) is 13.1 Å². The molecule has 1 amide bonds. The molecule has 0 N–H and O–H groups in total. The lowest BCUT2D eigenvalue weighted by atomic mass is 9.95. The highest BCUT2D eigenvalue weighted by atomic mass is 19.1. The quantitative estimate of drug-likeness (QED) is 0.798. The molecule has 0 unspecified atom stereocenters. The minimum atomic E-state index is -0.483. The predicted molar refractivity (Wildman–Crippen MR) is 91.7 cm³/mol. The topological polar surface area (TPSA) is 55.6 Å². The Morgan fingerprint density at radius 2 is 1.88 bits per heavy atom. The molecule has 1 fully saturated rings. The van der Waals surface area contributed by atoms with Gasteiger partial charge in [0.15, 0.2) is 0 Å². The van der Waals surface area contributed by atoms with Crippen molar-refractivity contribution >= 4 is 6.09 Å². The van der Waals surface area contributed by atoms with Crippen LogP contribution in [0.2, 0.25) is 0 Å². The van der Waals surface area contributed by atoms with Crippen molar-refractivity contribution in [1.29, 1.82) is 0 Å². The van der Waals surface area contributed by atoms with Crippen LogP contribution in [-0.4, -0.2) is 34.7 Å². The lowest BCUT2D eigenvalue weighted by molar-refractivity contribution is 0.0200. The Hall–Kier alpha value is -2.37. The number of carbonyl (C=O) groups is 1. The maximum Gasteiger partial charge on any atom is 0.410 e. The number of nitrogens with zero attached hydrogens (tertiary/aromatic N) is 2. The highest BCUT2D eigenvalue weighted by molar-refractivity contribution is 5.68. The number of hydrogen-bond acceptors (Lipinski definition) is 4. The Morgan fingerprint density at radius 1 is 1.24 bits per heavy atom. The number of oxazole rings is 1. The summed E-state index contributed by atoms with van der Waals surface area (Å²) in [5.74, 6) is 1.23. The van der Waals surface area contributed by atoms with Crippen LogP contribution in [0.5, 0.6) is 0 Å². The van der Waals surface area contributed by atoms with Crippen LogP contribution in [0.25, 0.3) is 11.5 Å². The lowest BCUT2D eigenvalue weighted by Crippen LogP contribution is -2.41. The largest absolute Gasteiger partial charge is 0.444 e. The van der Waals surface area contributed by atoms with Crippen LogP contribution in [0.3, 0.4) is 0 Å². The molecule has 134 valence electrons. The summed E-state index contributed by atoms with van der Waals surface area (Å²) in [6, 6.07) is 6.07. The monoisotopic (exact) mass is 346 g/mol. The van der Waals surface area contributed by atoms with Crippen LogP contribution in [0.4, 0.5) is 9.18 Å². The van der Waals surface area contributed by atoms with Gasteiger partial charge in [0.2, 0.25) is 5.89 Å². The molecule has 0 radical (unpaired) electrons. The van der Waals surface area contributed by atoms with Crippen molar-refractivity contribution in [2.24, 2.45) is 0 Å². The first-order chi connectivity index (χ1) is 11.8. The van der Waals surface area contributed by atoms with Gasteiger partial charge in [-0.1, -0.05) is 0 Å². The number of likely N-dealkylation sites (tertiary alicyclic amines) is 1. The molecule has 1 aliphatic heterocycles. The summed E-state index contributed by atoms with van der Waals surface area (Å²) in [4.78, 5) is 18.1. The number of piperidine rings is 1. The molecular weight excluding hydrogens is 323 g/mol. The number of aromatic nitrogens is 1. The van der Waals surface area contributed by atoms with Gasteiger partial charge in [-0.2, -0.15) is 0 Å². The van der Waals surface area contributed by atoms with Crippen LogP contribution < -0.4 is 0 Å². The third-order valence-corrected chi connectivity index (χ3v) is 4.16. The molecule has 5 nitrogen and oxygen atoms in total. The predicted octanol–water partition coefficient (Wildman–Crippen LogP) is 4.60. The molecule has 0 bridgehead atoms. The summed E-state index contributed by atoms with van der Waals surface area (Å²) in [5, 5.41) is 0. The summed E-state index contributed by atoms with van der Waals surface area (Å²) in [7, 11) is 0. The summed E-state index contributed by atoms with van der Waals surface area (Å²) in [5.41, 5.74) is 0.266. The van der Waals surface area contributed by atoms with Crippen LogP contribution in [-0.2, 0) is 4.74 Å². The van der Waals surface area contributed by atoms with Gasteiger partial charge >= 0.3 is 6.09 Å². The third kappa shape index (κ3) is 4.38. The number of hydrogen-bond donors (Lipinski definition) is 0. The molecule has 0 spiro atoms. The minimum absolute atomic E-state index is 0.223. The van der Waals surface area contributed by atoms with Gasteiger partial charge in [0.05, 0.1) is 6.20 Å². The molecule has 25 heavy (non-hydrogen) atoms. The molecule has 2 heterocycles. The molecule has 0 aliphatic carbocycles. The Balaban J connectivity index is 1.60. The molecule has 2 aromatic rings. The van der Waals surface area contributed by atoms with Crippen molar-refractivity contribution in [3.8, 4) is 11.5 Å². The number of ether oxygens (including phenoxy) is 1. The second kappa shape index (κ2) is 6.86. The fourth-order valence-corrected chi connectivity index (χ4v) is 2.87.